The third-order valence-electron chi connectivity index (χ3n) is 1.74. The first kappa shape index (κ1) is 15.2. The summed E-state index contributed by atoms with van der Waals surface area (Å²) in [5.41, 5.74) is 0. The maximum Gasteiger partial charge on any atom is 0.411 e. The van der Waals surface area contributed by atoms with E-state index in [0.29, 0.717) is 32.3 Å². The quantitative estimate of drug-likeness (QED) is 0.485. The predicted molar refractivity (Wildman–Crippen MR) is 52.0 cm³/mol. The summed E-state index contributed by atoms with van der Waals surface area (Å²) in [4.78, 5) is 10.9. The molecule has 0 N–H and O–H groups in total. The van der Waals surface area contributed by atoms with E-state index in [1.54, 1.807) is 6.92 Å². The standard InChI is InChI=1S/C10H17F3O3/c1-2-16-9(14)6-4-3-5-7-15-8-10(11,12)13/h2-8H2,1H3. The minimum Gasteiger partial charge on any atom is -0.466 e. The van der Waals surface area contributed by atoms with E-state index in [0.717, 1.165) is 0 Å². The van der Waals surface area contributed by atoms with Crippen LogP contribution < -0.4 is 0 Å². The molecule has 16 heavy (non-hydrogen) atoms. The summed E-state index contributed by atoms with van der Waals surface area (Å²) < 4.78 is 44.0. The van der Waals surface area contributed by atoms with Crippen LogP contribution in [0.5, 0.6) is 0 Å². The highest BCUT2D eigenvalue weighted by Crippen LogP contribution is 2.14. The number of esters is 1. The van der Waals surface area contributed by atoms with Crippen molar-refractivity contribution < 1.29 is 27.4 Å². The number of carbonyl (C=O) groups is 1. The molecule has 0 aromatic carbocycles. The molecule has 0 radical (unpaired) electrons. The molecule has 0 spiro atoms. The molecule has 0 atom stereocenters. The van der Waals surface area contributed by atoms with Gasteiger partial charge >= 0.3 is 12.1 Å². The van der Waals surface area contributed by atoms with Crippen LogP contribution in [0.4, 0.5) is 13.2 Å². The highest BCUT2D eigenvalue weighted by atomic mass is 19.4. The molecule has 0 rings (SSSR count). The maximum atomic E-state index is 11.6. The van der Waals surface area contributed by atoms with E-state index in [9.17, 15) is 18.0 Å². The summed E-state index contributed by atoms with van der Waals surface area (Å²) in [6.45, 7) is 0.948. The van der Waals surface area contributed by atoms with Crippen LogP contribution in [-0.4, -0.2) is 32.0 Å². The Labute approximate surface area is 92.9 Å². The van der Waals surface area contributed by atoms with E-state index >= 15 is 0 Å². The minimum absolute atomic E-state index is 0.0718. The zero-order chi connectivity index (χ0) is 12.4. The van der Waals surface area contributed by atoms with E-state index in [2.05, 4.69) is 4.74 Å². The summed E-state index contributed by atoms with van der Waals surface area (Å²) in [6.07, 6.45) is -2.14. The van der Waals surface area contributed by atoms with Gasteiger partial charge in [0.2, 0.25) is 0 Å². The molecular formula is C10H17F3O3. The Morgan fingerprint density at radius 3 is 2.44 bits per heavy atom. The van der Waals surface area contributed by atoms with Crippen LogP contribution in [0, 0.1) is 0 Å². The normalized spacial score (nSPS) is 11.5. The Hall–Kier alpha value is -0.780. The van der Waals surface area contributed by atoms with Crippen LogP contribution in [-0.2, 0) is 14.3 Å². The smallest absolute Gasteiger partial charge is 0.411 e. The summed E-state index contributed by atoms with van der Waals surface area (Å²) in [5.74, 6) is -0.265. The number of hydrogen-bond acceptors (Lipinski definition) is 3. The van der Waals surface area contributed by atoms with Crippen molar-refractivity contribution in [1.82, 2.24) is 0 Å². The lowest BCUT2D eigenvalue weighted by Crippen LogP contribution is -2.17. The maximum absolute atomic E-state index is 11.6. The van der Waals surface area contributed by atoms with Gasteiger partial charge in [0.1, 0.15) is 6.61 Å². The van der Waals surface area contributed by atoms with Crippen LogP contribution >= 0.6 is 0 Å². The van der Waals surface area contributed by atoms with Gasteiger partial charge in [-0.3, -0.25) is 4.79 Å². The number of carbonyl (C=O) groups excluding carboxylic acids is 1. The Morgan fingerprint density at radius 1 is 1.19 bits per heavy atom. The molecule has 0 aromatic rings. The van der Waals surface area contributed by atoms with Crippen molar-refractivity contribution in [2.75, 3.05) is 19.8 Å². The summed E-state index contributed by atoms with van der Waals surface area (Å²) in [6, 6.07) is 0. The first-order chi connectivity index (χ1) is 7.45. The second-order valence-electron chi connectivity index (χ2n) is 3.28. The molecule has 0 saturated heterocycles. The van der Waals surface area contributed by atoms with Crippen molar-refractivity contribution in [2.24, 2.45) is 0 Å². The lowest BCUT2D eigenvalue weighted by Gasteiger charge is -2.07. The number of halogens is 3. The number of unbranched alkanes of at least 4 members (excludes halogenated alkanes) is 2. The Balaban J connectivity index is 3.19. The zero-order valence-corrected chi connectivity index (χ0v) is 9.31. The van der Waals surface area contributed by atoms with Crippen molar-refractivity contribution in [3.63, 3.8) is 0 Å². The fourth-order valence-corrected chi connectivity index (χ4v) is 1.07. The average molecular weight is 242 g/mol. The van der Waals surface area contributed by atoms with Crippen LogP contribution in [0.3, 0.4) is 0 Å². The van der Waals surface area contributed by atoms with Gasteiger partial charge in [0.25, 0.3) is 0 Å². The van der Waals surface area contributed by atoms with Crippen molar-refractivity contribution in [3.05, 3.63) is 0 Å². The van der Waals surface area contributed by atoms with Crippen LogP contribution in [0.1, 0.15) is 32.6 Å². The number of ether oxygens (including phenoxy) is 2. The molecule has 0 bridgehead atoms. The fraction of sp³-hybridized carbons (Fsp3) is 0.900. The third-order valence-corrected chi connectivity index (χ3v) is 1.74. The van der Waals surface area contributed by atoms with Crippen LogP contribution in [0.25, 0.3) is 0 Å². The molecule has 3 nitrogen and oxygen atoms in total. The van der Waals surface area contributed by atoms with E-state index in [1.807, 2.05) is 0 Å². The van der Waals surface area contributed by atoms with Gasteiger partial charge in [-0.15, -0.1) is 0 Å². The highest BCUT2D eigenvalue weighted by Gasteiger charge is 2.27. The van der Waals surface area contributed by atoms with Gasteiger partial charge in [0.05, 0.1) is 6.61 Å². The Kier molecular flexibility index (Phi) is 7.97. The lowest BCUT2D eigenvalue weighted by atomic mass is 10.2. The average Bonchev–Trinajstić information content (AvgIpc) is 2.15. The molecule has 0 fully saturated rings. The van der Waals surface area contributed by atoms with E-state index in [4.69, 9.17) is 4.74 Å². The molecule has 6 heteroatoms. The zero-order valence-electron chi connectivity index (χ0n) is 9.31. The van der Waals surface area contributed by atoms with Crippen molar-refractivity contribution in [3.8, 4) is 0 Å². The van der Waals surface area contributed by atoms with E-state index in [1.165, 1.54) is 0 Å². The van der Waals surface area contributed by atoms with Crippen molar-refractivity contribution in [2.45, 2.75) is 38.8 Å². The van der Waals surface area contributed by atoms with Gasteiger partial charge in [-0.2, -0.15) is 13.2 Å². The third kappa shape index (κ3) is 11.3. The molecule has 0 aliphatic heterocycles. The molecule has 0 aliphatic carbocycles. The summed E-state index contributed by atoms with van der Waals surface area (Å²) >= 11 is 0. The number of hydrogen-bond donors (Lipinski definition) is 0. The summed E-state index contributed by atoms with van der Waals surface area (Å²) in [7, 11) is 0. The number of alkyl halides is 3. The van der Waals surface area contributed by atoms with Gasteiger partial charge < -0.3 is 9.47 Å². The molecule has 0 aromatic heterocycles. The van der Waals surface area contributed by atoms with Crippen LogP contribution in [0.2, 0.25) is 0 Å². The van der Waals surface area contributed by atoms with Gasteiger partial charge in [0.15, 0.2) is 0 Å². The van der Waals surface area contributed by atoms with Gasteiger partial charge in [-0.25, -0.2) is 0 Å². The highest BCUT2D eigenvalue weighted by molar-refractivity contribution is 5.69. The van der Waals surface area contributed by atoms with Gasteiger partial charge in [-0.05, 0) is 19.8 Å². The molecule has 0 aliphatic rings. The Morgan fingerprint density at radius 2 is 1.88 bits per heavy atom. The predicted octanol–water partition coefficient (Wildman–Crippen LogP) is 2.69. The number of rotatable bonds is 8. The largest absolute Gasteiger partial charge is 0.466 e. The van der Waals surface area contributed by atoms with E-state index in [-0.39, 0.29) is 12.6 Å². The molecular weight excluding hydrogens is 225 g/mol. The second kappa shape index (κ2) is 8.38. The van der Waals surface area contributed by atoms with Crippen molar-refractivity contribution >= 4 is 5.97 Å². The van der Waals surface area contributed by atoms with E-state index < -0.39 is 12.8 Å². The summed E-state index contributed by atoms with van der Waals surface area (Å²) in [5, 5.41) is 0. The Bertz CT molecular complexity index is 192. The first-order valence-corrected chi connectivity index (χ1v) is 5.26. The second-order valence-corrected chi connectivity index (χ2v) is 3.28. The molecule has 96 valence electrons. The first-order valence-electron chi connectivity index (χ1n) is 5.26. The minimum atomic E-state index is -4.26. The van der Waals surface area contributed by atoms with Gasteiger partial charge in [0, 0.05) is 13.0 Å². The van der Waals surface area contributed by atoms with Crippen molar-refractivity contribution in [1.29, 1.82) is 0 Å². The molecule has 0 amide bonds. The monoisotopic (exact) mass is 242 g/mol. The lowest BCUT2D eigenvalue weighted by molar-refractivity contribution is -0.174. The van der Waals surface area contributed by atoms with Crippen LogP contribution in [0.15, 0.2) is 0 Å². The fourth-order valence-electron chi connectivity index (χ4n) is 1.07. The SMILES string of the molecule is CCOC(=O)CCCCCOCC(F)(F)F. The molecule has 0 saturated carbocycles. The topological polar surface area (TPSA) is 35.5 Å². The molecule has 0 heterocycles. The molecule has 0 unspecified atom stereocenters. The van der Waals surface area contributed by atoms with Gasteiger partial charge in [-0.1, -0.05) is 6.42 Å².